The van der Waals surface area contributed by atoms with Crippen LogP contribution in [0.5, 0.6) is 5.75 Å². The van der Waals surface area contributed by atoms with Gasteiger partial charge in [0.1, 0.15) is 5.75 Å². The van der Waals surface area contributed by atoms with Crippen molar-refractivity contribution >= 4 is 17.6 Å². The molecule has 112 valence electrons. The SMILES string of the molecule is COc1cc(C)c(CNC(=O)NCC(C)(C)C)cc1Cl. The molecule has 0 aliphatic carbocycles. The molecule has 1 rings (SSSR count). The Morgan fingerprint density at radius 2 is 1.95 bits per heavy atom. The summed E-state index contributed by atoms with van der Waals surface area (Å²) in [5, 5.41) is 6.22. The van der Waals surface area contributed by atoms with Crippen LogP contribution in [-0.2, 0) is 6.54 Å². The smallest absolute Gasteiger partial charge is 0.315 e. The Hall–Kier alpha value is -1.42. The van der Waals surface area contributed by atoms with Gasteiger partial charge < -0.3 is 15.4 Å². The fourth-order valence-corrected chi connectivity index (χ4v) is 1.89. The van der Waals surface area contributed by atoms with Crippen molar-refractivity contribution in [2.75, 3.05) is 13.7 Å². The highest BCUT2D eigenvalue weighted by atomic mass is 35.5. The van der Waals surface area contributed by atoms with Crippen LogP contribution in [0.15, 0.2) is 12.1 Å². The molecule has 0 bridgehead atoms. The van der Waals surface area contributed by atoms with E-state index in [0.29, 0.717) is 23.9 Å². The first kappa shape index (κ1) is 16.6. The summed E-state index contributed by atoms with van der Waals surface area (Å²) in [6.45, 7) is 9.23. The molecule has 1 aromatic carbocycles. The fraction of sp³-hybridized carbons (Fsp3) is 0.533. The zero-order valence-electron chi connectivity index (χ0n) is 12.8. The van der Waals surface area contributed by atoms with Crippen LogP contribution in [0, 0.1) is 12.3 Å². The highest BCUT2D eigenvalue weighted by Gasteiger charge is 2.12. The summed E-state index contributed by atoms with van der Waals surface area (Å²) in [4.78, 5) is 11.7. The average molecular weight is 299 g/mol. The minimum absolute atomic E-state index is 0.0661. The predicted octanol–water partition coefficient (Wildman–Crippen LogP) is 3.50. The lowest BCUT2D eigenvalue weighted by Crippen LogP contribution is -2.39. The minimum Gasteiger partial charge on any atom is -0.495 e. The van der Waals surface area contributed by atoms with Crippen LogP contribution in [0.1, 0.15) is 31.9 Å². The van der Waals surface area contributed by atoms with Crippen LogP contribution in [0.2, 0.25) is 5.02 Å². The topological polar surface area (TPSA) is 50.4 Å². The third-order valence-corrected chi connectivity index (χ3v) is 3.12. The van der Waals surface area contributed by atoms with E-state index in [1.54, 1.807) is 7.11 Å². The molecule has 2 N–H and O–H groups in total. The summed E-state index contributed by atoms with van der Waals surface area (Å²) in [5.41, 5.74) is 2.07. The van der Waals surface area contributed by atoms with Crippen molar-refractivity contribution in [1.82, 2.24) is 10.6 Å². The molecule has 0 saturated heterocycles. The summed E-state index contributed by atoms with van der Waals surface area (Å²) in [7, 11) is 1.58. The number of amides is 2. The number of hydrogen-bond acceptors (Lipinski definition) is 2. The maximum atomic E-state index is 11.7. The molecule has 0 spiro atoms. The molecule has 2 amide bonds. The van der Waals surface area contributed by atoms with E-state index in [1.807, 2.05) is 19.1 Å². The van der Waals surface area contributed by atoms with Crippen LogP contribution >= 0.6 is 11.6 Å². The van der Waals surface area contributed by atoms with Gasteiger partial charge in [0.15, 0.2) is 0 Å². The molecule has 0 aliphatic rings. The number of urea groups is 1. The van der Waals surface area contributed by atoms with Crippen LogP contribution in [0.3, 0.4) is 0 Å². The average Bonchev–Trinajstić information content (AvgIpc) is 2.36. The van der Waals surface area contributed by atoms with E-state index in [2.05, 4.69) is 31.4 Å². The molecule has 1 aromatic rings. The van der Waals surface area contributed by atoms with Gasteiger partial charge in [-0.2, -0.15) is 0 Å². The number of rotatable bonds is 4. The number of aryl methyl sites for hydroxylation is 1. The summed E-state index contributed by atoms with van der Waals surface area (Å²) in [6, 6.07) is 3.51. The molecule has 0 atom stereocenters. The number of halogens is 1. The minimum atomic E-state index is -0.175. The summed E-state index contributed by atoms with van der Waals surface area (Å²) >= 11 is 6.08. The summed E-state index contributed by atoms with van der Waals surface area (Å²) < 4.78 is 5.15. The molecule has 0 saturated carbocycles. The third kappa shape index (κ3) is 5.29. The maximum Gasteiger partial charge on any atom is 0.315 e. The van der Waals surface area contributed by atoms with Gasteiger partial charge in [-0.3, -0.25) is 0 Å². The summed E-state index contributed by atoms with van der Waals surface area (Å²) in [6.07, 6.45) is 0. The second kappa shape index (κ2) is 6.84. The molecule has 0 aromatic heterocycles. The van der Waals surface area contributed by atoms with Crippen LogP contribution < -0.4 is 15.4 Å². The van der Waals surface area contributed by atoms with Crippen molar-refractivity contribution in [2.45, 2.75) is 34.2 Å². The number of methoxy groups -OCH3 is 1. The molecule has 4 nitrogen and oxygen atoms in total. The quantitative estimate of drug-likeness (QED) is 0.894. The van der Waals surface area contributed by atoms with Crippen molar-refractivity contribution in [3.05, 3.63) is 28.3 Å². The predicted molar refractivity (Wildman–Crippen MR) is 82.4 cm³/mol. The van der Waals surface area contributed by atoms with Gasteiger partial charge in [-0.1, -0.05) is 32.4 Å². The van der Waals surface area contributed by atoms with Crippen LogP contribution in [0.4, 0.5) is 4.79 Å². The molecule has 20 heavy (non-hydrogen) atoms. The summed E-state index contributed by atoms with van der Waals surface area (Å²) in [5.74, 6) is 0.644. The van der Waals surface area contributed by atoms with E-state index in [1.165, 1.54) is 0 Å². The number of carbonyl (C=O) groups excluding carboxylic acids is 1. The highest BCUT2D eigenvalue weighted by molar-refractivity contribution is 6.32. The normalized spacial score (nSPS) is 11.1. The second-order valence-corrected chi connectivity index (χ2v) is 6.42. The molecular formula is C15H23ClN2O2. The number of nitrogens with one attached hydrogen (secondary N) is 2. The maximum absolute atomic E-state index is 11.7. The van der Waals surface area contributed by atoms with Crippen LogP contribution in [0.25, 0.3) is 0 Å². The standard InChI is InChI=1S/C15H23ClN2O2/c1-10-6-13(20-5)12(16)7-11(10)8-17-14(19)18-9-15(2,3)4/h6-7H,8-9H2,1-5H3,(H2,17,18,19). The van der Waals surface area contributed by atoms with Gasteiger partial charge in [0.05, 0.1) is 12.1 Å². The van der Waals surface area contributed by atoms with Gasteiger partial charge in [0.2, 0.25) is 0 Å². The fourth-order valence-electron chi connectivity index (χ4n) is 1.63. The molecule has 0 unspecified atom stereocenters. The third-order valence-electron chi connectivity index (χ3n) is 2.83. The first-order valence-electron chi connectivity index (χ1n) is 6.57. The lowest BCUT2D eigenvalue weighted by molar-refractivity contribution is 0.235. The number of ether oxygens (including phenoxy) is 1. The monoisotopic (exact) mass is 298 g/mol. The van der Waals surface area contributed by atoms with Gasteiger partial charge >= 0.3 is 6.03 Å². The Labute approximate surface area is 125 Å². The Morgan fingerprint density at radius 3 is 2.50 bits per heavy atom. The number of carbonyl (C=O) groups is 1. The lowest BCUT2D eigenvalue weighted by atomic mass is 9.97. The zero-order chi connectivity index (χ0) is 15.3. The molecule has 0 fully saturated rings. The number of benzene rings is 1. The molecule has 0 radical (unpaired) electrons. The van der Waals surface area contributed by atoms with Gasteiger partial charge in [0, 0.05) is 13.1 Å². The second-order valence-electron chi connectivity index (χ2n) is 6.01. The van der Waals surface area contributed by atoms with Crippen LogP contribution in [-0.4, -0.2) is 19.7 Å². The van der Waals surface area contributed by atoms with E-state index in [9.17, 15) is 4.79 Å². The van der Waals surface area contributed by atoms with E-state index in [4.69, 9.17) is 16.3 Å². The number of hydrogen-bond donors (Lipinski definition) is 2. The van der Waals surface area contributed by atoms with E-state index >= 15 is 0 Å². The first-order chi connectivity index (χ1) is 9.23. The van der Waals surface area contributed by atoms with E-state index in [0.717, 1.165) is 11.1 Å². The van der Waals surface area contributed by atoms with E-state index in [-0.39, 0.29) is 11.4 Å². The Kier molecular flexibility index (Phi) is 5.69. The molecule has 5 heteroatoms. The van der Waals surface area contributed by atoms with Gasteiger partial charge in [-0.05, 0) is 35.6 Å². The van der Waals surface area contributed by atoms with Crippen molar-refractivity contribution in [3.63, 3.8) is 0 Å². The largest absolute Gasteiger partial charge is 0.495 e. The van der Waals surface area contributed by atoms with Crippen molar-refractivity contribution in [1.29, 1.82) is 0 Å². The van der Waals surface area contributed by atoms with E-state index < -0.39 is 0 Å². The van der Waals surface area contributed by atoms with Crippen molar-refractivity contribution in [3.8, 4) is 5.75 Å². The molecular weight excluding hydrogens is 276 g/mol. The lowest BCUT2D eigenvalue weighted by Gasteiger charge is -2.19. The zero-order valence-corrected chi connectivity index (χ0v) is 13.5. The Balaban J connectivity index is 2.58. The molecule has 0 heterocycles. The van der Waals surface area contributed by atoms with Crippen molar-refractivity contribution in [2.24, 2.45) is 5.41 Å². The van der Waals surface area contributed by atoms with Gasteiger partial charge in [-0.25, -0.2) is 4.79 Å². The first-order valence-corrected chi connectivity index (χ1v) is 6.95. The van der Waals surface area contributed by atoms with Gasteiger partial charge in [0.25, 0.3) is 0 Å². The Morgan fingerprint density at radius 1 is 1.30 bits per heavy atom. The highest BCUT2D eigenvalue weighted by Crippen LogP contribution is 2.27. The van der Waals surface area contributed by atoms with Crippen molar-refractivity contribution < 1.29 is 9.53 Å². The Bertz CT molecular complexity index is 481. The molecule has 0 aliphatic heterocycles. The van der Waals surface area contributed by atoms with Gasteiger partial charge in [-0.15, -0.1) is 0 Å².